The molecule has 5 N–H and O–H groups in total. The van der Waals surface area contributed by atoms with Crippen molar-refractivity contribution in [2.45, 2.75) is 31.1 Å². The lowest BCUT2D eigenvalue weighted by Gasteiger charge is -2.27. The lowest BCUT2D eigenvalue weighted by Crippen LogP contribution is -2.43. The molecule has 1 aromatic rings. The van der Waals surface area contributed by atoms with Crippen molar-refractivity contribution < 1.29 is 34.0 Å². The minimum atomic E-state index is -4.53. The molecule has 12 heteroatoms. The number of H-pyrrole nitrogens is 1. The predicted octanol–water partition coefficient (Wildman–Crippen LogP) is -2.34. The first kappa shape index (κ1) is 17.0. The van der Waals surface area contributed by atoms with Crippen molar-refractivity contribution in [1.29, 1.82) is 0 Å². The van der Waals surface area contributed by atoms with Crippen molar-refractivity contribution >= 4 is 7.60 Å². The SMILES string of the molecule is C[C@]1(OCP(=O)(O)O)O[C@@H](n2ccc(=O)[nH]c2=O)[C@H](O)[C@@H]1O. The molecule has 22 heavy (non-hydrogen) atoms. The molecule has 0 amide bonds. The fraction of sp³-hybridized carbons (Fsp3) is 0.600. The van der Waals surface area contributed by atoms with Crippen LogP contribution in [0.4, 0.5) is 0 Å². The number of hydrogen-bond acceptors (Lipinski definition) is 7. The van der Waals surface area contributed by atoms with Crippen LogP contribution in [0.2, 0.25) is 0 Å². The molecule has 2 heterocycles. The number of nitrogens with zero attached hydrogens (tertiary/aromatic N) is 1. The van der Waals surface area contributed by atoms with Crippen molar-refractivity contribution in [1.82, 2.24) is 9.55 Å². The van der Waals surface area contributed by atoms with Crippen LogP contribution in [-0.4, -0.2) is 53.9 Å². The third-order valence-corrected chi connectivity index (χ3v) is 3.62. The van der Waals surface area contributed by atoms with E-state index in [1.165, 1.54) is 0 Å². The molecule has 2 rings (SSSR count). The summed E-state index contributed by atoms with van der Waals surface area (Å²) < 4.78 is 21.8. The maximum absolute atomic E-state index is 11.7. The average Bonchev–Trinajstić information content (AvgIpc) is 2.61. The van der Waals surface area contributed by atoms with E-state index in [1.807, 2.05) is 4.98 Å². The summed E-state index contributed by atoms with van der Waals surface area (Å²) in [5, 5.41) is 19.9. The van der Waals surface area contributed by atoms with Gasteiger partial charge in [-0.15, -0.1) is 0 Å². The molecule has 0 aliphatic carbocycles. The Bertz CT molecular complexity index is 709. The molecule has 1 fully saturated rings. The third-order valence-electron chi connectivity index (χ3n) is 3.15. The van der Waals surface area contributed by atoms with Gasteiger partial charge in [0.1, 0.15) is 12.2 Å². The van der Waals surface area contributed by atoms with Gasteiger partial charge in [-0.3, -0.25) is 18.9 Å². The largest absolute Gasteiger partial charge is 0.385 e. The van der Waals surface area contributed by atoms with Crippen molar-refractivity contribution in [3.8, 4) is 0 Å². The molecule has 0 bridgehead atoms. The highest BCUT2D eigenvalue weighted by Gasteiger charge is 2.54. The quantitative estimate of drug-likeness (QED) is 0.377. The number of aliphatic hydroxyl groups excluding tert-OH is 2. The lowest BCUT2D eigenvalue weighted by molar-refractivity contribution is -0.248. The number of aliphatic hydroxyl groups is 2. The second-order valence-corrected chi connectivity index (χ2v) is 6.50. The van der Waals surface area contributed by atoms with Crippen LogP contribution in [0, 0.1) is 0 Å². The van der Waals surface area contributed by atoms with Crippen LogP contribution in [0.3, 0.4) is 0 Å². The predicted molar refractivity (Wildman–Crippen MR) is 69.9 cm³/mol. The first-order valence-electron chi connectivity index (χ1n) is 6.07. The van der Waals surface area contributed by atoms with Crippen LogP contribution >= 0.6 is 7.60 Å². The van der Waals surface area contributed by atoms with Gasteiger partial charge in [0.25, 0.3) is 5.56 Å². The van der Waals surface area contributed by atoms with Crippen LogP contribution in [0.25, 0.3) is 0 Å². The second kappa shape index (κ2) is 5.70. The highest BCUT2D eigenvalue weighted by Crippen LogP contribution is 2.42. The van der Waals surface area contributed by atoms with Crippen LogP contribution in [-0.2, 0) is 14.0 Å². The molecular weight excluding hydrogens is 323 g/mol. The summed E-state index contributed by atoms with van der Waals surface area (Å²) in [6.07, 6.45) is -4.69. The summed E-state index contributed by atoms with van der Waals surface area (Å²) in [6, 6.07) is 1.01. The van der Waals surface area contributed by atoms with E-state index < -0.39 is 49.4 Å². The Morgan fingerprint density at radius 2 is 2.09 bits per heavy atom. The highest BCUT2D eigenvalue weighted by molar-refractivity contribution is 7.51. The van der Waals surface area contributed by atoms with Gasteiger partial charge in [0, 0.05) is 12.3 Å². The van der Waals surface area contributed by atoms with E-state index in [0.717, 1.165) is 23.8 Å². The monoisotopic (exact) mass is 338 g/mol. The van der Waals surface area contributed by atoms with Crippen molar-refractivity contribution in [2.75, 3.05) is 6.35 Å². The number of nitrogens with one attached hydrogen (secondary N) is 1. The number of ether oxygens (including phenoxy) is 2. The molecular formula is C10H15N2O9P. The van der Waals surface area contributed by atoms with Crippen molar-refractivity contribution in [2.24, 2.45) is 0 Å². The molecule has 0 unspecified atom stereocenters. The van der Waals surface area contributed by atoms with E-state index in [4.69, 9.17) is 19.3 Å². The Labute approximate surface area is 122 Å². The Morgan fingerprint density at radius 1 is 1.45 bits per heavy atom. The van der Waals surface area contributed by atoms with E-state index in [0.29, 0.717) is 0 Å². The number of rotatable bonds is 4. The van der Waals surface area contributed by atoms with Gasteiger partial charge in [-0.25, -0.2) is 4.79 Å². The fourth-order valence-electron chi connectivity index (χ4n) is 2.03. The Morgan fingerprint density at radius 3 is 2.64 bits per heavy atom. The normalized spacial score (nSPS) is 32.3. The zero-order valence-corrected chi connectivity index (χ0v) is 12.2. The van der Waals surface area contributed by atoms with Gasteiger partial charge >= 0.3 is 13.3 Å². The molecule has 4 atom stereocenters. The molecule has 0 aromatic carbocycles. The molecule has 1 aromatic heterocycles. The van der Waals surface area contributed by atoms with Gasteiger partial charge in [-0.1, -0.05) is 0 Å². The van der Waals surface area contributed by atoms with Gasteiger partial charge in [-0.05, 0) is 6.92 Å². The Balaban J connectivity index is 2.28. The zero-order valence-electron chi connectivity index (χ0n) is 11.3. The van der Waals surface area contributed by atoms with Gasteiger partial charge in [0.2, 0.25) is 0 Å². The van der Waals surface area contributed by atoms with Gasteiger partial charge in [-0.2, -0.15) is 0 Å². The van der Waals surface area contributed by atoms with Crippen LogP contribution in [0.15, 0.2) is 21.9 Å². The number of hydrogen-bond donors (Lipinski definition) is 5. The third kappa shape index (κ3) is 3.36. The minimum Gasteiger partial charge on any atom is -0.385 e. The number of aromatic nitrogens is 2. The van der Waals surface area contributed by atoms with Gasteiger partial charge in [0.05, 0.1) is 0 Å². The maximum atomic E-state index is 11.7. The van der Waals surface area contributed by atoms with E-state index >= 15 is 0 Å². The summed E-state index contributed by atoms with van der Waals surface area (Å²) in [4.78, 5) is 42.2. The smallest absolute Gasteiger partial charge is 0.351 e. The topological polar surface area (TPSA) is 171 Å². The molecule has 0 saturated carbocycles. The summed E-state index contributed by atoms with van der Waals surface area (Å²) >= 11 is 0. The molecule has 1 aliphatic rings. The minimum absolute atomic E-state index is 0.658. The fourth-order valence-corrected chi connectivity index (χ4v) is 2.45. The van der Waals surface area contributed by atoms with Crippen molar-refractivity contribution in [3.05, 3.63) is 33.1 Å². The van der Waals surface area contributed by atoms with Crippen LogP contribution in [0.5, 0.6) is 0 Å². The summed E-state index contributed by atoms with van der Waals surface area (Å²) in [5.41, 5.74) is -1.54. The summed E-state index contributed by atoms with van der Waals surface area (Å²) in [7, 11) is -4.53. The first-order valence-corrected chi connectivity index (χ1v) is 7.87. The van der Waals surface area contributed by atoms with Gasteiger partial charge in [0.15, 0.2) is 18.4 Å². The van der Waals surface area contributed by atoms with Gasteiger partial charge < -0.3 is 29.5 Å². The molecule has 0 spiro atoms. The number of aromatic amines is 1. The van der Waals surface area contributed by atoms with E-state index in [1.54, 1.807) is 0 Å². The van der Waals surface area contributed by atoms with Crippen molar-refractivity contribution in [3.63, 3.8) is 0 Å². The average molecular weight is 338 g/mol. The second-order valence-electron chi connectivity index (χ2n) is 4.92. The first-order chi connectivity index (χ1) is 10.0. The zero-order chi connectivity index (χ0) is 16.7. The Hall–Kier alpha value is -1.33. The molecule has 124 valence electrons. The summed E-state index contributed by atoms with van der Waals surface area (Å²) in [5.74, 6) is -1.94. The molecule has 11 nitrogen and oxygen atoms in total. The standard InChI is InChI=1S/C10H15N2O9P/c1-10(20-4-22(17,18)19)7(15)6(14)8(21-10)12-3-2-5(13)11-9(12)16/h2-3,6-8,14-15H,4H2,1H3,(H,11,13,16)(H2,17,18,19)/t6-,7+,8-,10+/m1/s1. The van der Waals surface area contributed by atoms with E-state index in [9.17, 15) is 24.4 Å². The maximum Gasteiger partial charge on any atom is 0.351 e. The van der Waals surface area contributed by atoms with Crippen LogP contribution in [0.1, 0.15) is 13.2 Å². The van der Waals surface area contributed by atoms with E-state index in [-0.39, 0.29) is 0 Å². The molecule has 1 aliphatic heterocycles. The molecule has 0 radical (unpaired) electrons. The highest BCUT2D eigenvalue weighted by atomic mass is 31.2. The Kier molecular flexibility index (Phi) is 4.42. The van der Waals surface area contributed by atoms with E-state index in [2.05, 4.69) is 0 Å². The van der Waals surface area contributed by atoms with Crippen LogP contribution < -0.4 is 11.2 Å². The lowest BCUT2D eigenvalue weighted by atomic mass is 10.1. The summed E-state index contributed by atoms with van der Waals surface area (Å²) in [6.45, 7) is 1.16. The molecule has 1 saturated heterocycles.